The SMILES string of the molecule is O=C(O)/C(=C\c1ccc(OCc2ccc([N+](=O)[O-])cc2)cc1)c1ccccc1. The van der Waals surface area contributed by atoms with Crippen LogP contribution in [-0.4, -0.2) is 16.0 Å². The summed E-state index contributed by atoms with van der Waals surface area (Å²) in [5.41, 5.74) is 2.43. The van der Waals surface area contributed by atoms with Gasteiger partial charge in [-0.05, 0) is 47.0 Å². The highest BCUT2D eigenvalue weighted by Crippen LogP contribution is 2.21. The predicted octanol–water partition coefficient (Wildman–Crippen LogP) is 4.80. The van der Waals surface area contributed by atoms with E-state index in [2.05, 4.69) is 0 Å². The molecule has 0 aliphatic rings. The van der Waals surface area contributed by atoms with Gasteiger partial charge in [-0.2, -0.15) is 0 Å². The van der Waals surface area contributed by atoms with Crippen molar-refractivity contribution in [1.82, 2.24) is 0 Å². The summed E-state index contributed by atoms with van der Waals surface area (Å²) in [7, 11) is 0. The van der Waals surface area contributed by atoms with Crippen LogP contribution in [0.25, 0.3) is 11.6 Å². The highest BCUT2D eigenvalue weighted by Gasteiger charge is 2.10. The molecule has 0 amide bonds. The molecule has 0 saturated heterocycles. The van der Waals surface area contributed by atoms with Gasteiger partial charge in [0.1, 0.15) is 12.4 Å². The third-order valence-corrected chi connectivity index (χ3v) is 4.06. The average molecular weight is 375 g/mol. The molecule has 0 fully saturated rings. The van der Waals surface area contributed by atoms with Crippen molar-refractivity contribution in [3.63, 3.8) is 0 Å². The van der Waals surface area contributed by atoms with Crippen molar-refractivity contribution in [1.29, 1.82) is 0 Å². The number of carboxylic acid groups (broad SMARTS) is 1. The molecule has 6 nitrogen and oxygen atoms in total. The summed E-state index contributed by atoms with van der Waals surface area (Å²) in [6.07, 6.45) is 1.61. The van der Waals surface area contributed by atoms with Crippen LogP contribution in [0.2, 0.25) is 0 Å². The van der Waals surface area contributed by atoms with Crippen LogP contribution in [0.15, 0.2) is 78.9 Å². The summed E-state index contributed by atoms with van der Waals surface area (Å²) in [4.78, 5) is 21.8. The van der Waals surface area contributed by atoms with Crippen molar-refractivity contribution >= 4 is 23.3 Å². The van der Waals surface area contributed by atoms with Crippen molar-refractivity contribution < 1.29 is 19.6 Å². The standard InChI is InChI=1S/C22H17NO5/c24-22(25)21(18-4-2-1-3-5-18)14-16-8-12-20(13-9-16)28-15-17-6-10-19(11-7-17)23(26)27/h1-14H,15H2,(H,24,25)/b21-14-. The molecular formula is C22H17NO5. The number of rotatable bonds is 7. The molecule has 0 saturated carbocycles. The van der Waals surface area contributed by atoms with Gasteiger partial charge >= 0.3 is 5.97 Å². The Hall–Kier alpha value is -3.93. The Morgan fingerprint density at radius 3 is 2.18 bits per heavy atom. The van der Waals surface area contributed by atoms with E-state index in [9.17, 15) is 20.0 Å². The van der Waals surface area contributed by atoms with Crippen molar-refractivity contribution in [2.45, 2.75) is 6.61 Å². The number of carbonyl (C=O) groups is 1. The predicted molar refractivity (Wildman–Crippen MR) is 106 cm³/mol. The minimum atomic E-state index is -0.996. The van der Waals surface area contributed by atoms with Crippen LogP contribution in [-0.2, 0) is 11.4 Å². The van der Waals surface area contributed by atoms with E-state index in [4.69, 9.17) is 4.74 Å². The minimum absolute atomic E-state index is 0.0348. The van der Waals surface area contributed by atoms with Crippen LogP contribution < -0.4 is 4.74 Å². The van der Waals surface area contributed by atoms with Crippen LogP contribution in [0.1, 0.15) is 16.7 Å². The van der Waals surface area contributed by atoms with Gasteiger partial charge < -0.3 is 9.84 Å². The molecule has 0 bridgehead atoms. The number of nitro groups is 1. The number of benzene rings is 3. The van der Waals surface area contributed by atoms with Gasteiger partial charge in [-0.25, -0.2) is 4.79 Å². The molecule has 0 aliphatic carbocycles. The normalized spacial score (nSPS) is 11.1. The van der Waals surface area contributed by atoms with E-state index < -0.39 is 10.9 Å². The Balaban J connectivity index is 1.69. The Kier molecular flexibility index (Phi) is 5.81. The molecular weight excluding hydrogens is 358 g/mol. The van der Waals surface area contributed by atoms with Gasteiger partial charge in [-0.1, -0.05) is 42.5 Å². The fourth-order valence-electron chi connectivity index (χ4n) is 2.59. The molecule has 0 heterocycles. The first-order chi connectivity index (χ1) is 13.5. The maximum atomic E-state index is 11.6. The lowest BCUT2D eigenvalue weighted by Crippen LogP contribution is -1.99. The van der Waals surface area contributed by atoms with Crippen molar-refractivity contribution in [2.24, 2.45) is 0 Å². The van der Waals surface area contributed by atoms with Crippen molar-refractivity contribution in [2.75, 3.05) is 0 Å². The molecule has 6 heteroatoms. The smallest absolute Gasteiger partial charge is 0.336 e. The number of nitrogens with zero attached hydrogens (tertiary/aromatic N) is 1. The van der Waals surface area contributed by atoms with Crippen LogP contribution in [0.3, 0.4) is 0 Å². The Bertz CT molecular complexity index is 993. The van der Waals surface area contributed by atoms with E-state index in [1.807, 2.05) is 6.07 Å². The zero-order valence-electron chi connectivity index (χ0n) is 14.8. The second-order valence-corrected chi connectivity index (χ2v) is 6.01. The van der Waals surface area contributed by atoms with E-state index in [1.165, 1.54) is 12.1 Å². The van der Waals surface area contributed by atoms with Gasteiger partial charge in [0.25, 0.3) is 5.69 Å². The number of hydrogen-bond acceptors (Lipinski definition) is 4. The topological polar surface area (TPSA) is 89.7 Å². The van der Waals surface area contributed by atoms with Gasteiger partial charge in [-0.15, -0.1) is 0 Å². The Morgan fingerprint density at radius 2 is 1.61 bits per heavy atom. The fourth-order valence-corrected chi connectivity index (χ4v) is 2.59. The summed E-state index contributed by atoms with van der Waals surface area (Å²) in [5.74, 6) is -0.378. The molecule has 0 radical (unpaired) electrons. The molecule has 1 N–H and O–H groups in total. The summed E-state index contributed by atoms with van der Waals surface area (Å²) >= 11 is 0. The number of non-ortho nitro benzene ring substituents is 1. The number of hydrogen-bond donors (Lipinski definition) is 1. The molecule has 0 aromatic heterocycles. The van der Waals surface area contributed by atoms with Crippen LogP contribution in [0.4, 0.5) is 5.69 Å². The lowest BCUT2D eigenvalue weighted by molar-refractivity contribution is -0.384. The molecule has 28 heavy (non-hydrogen) atoms. The molecule has 0 atom stereocenters. The summed E-state index contributed by atoms with van der Waals surface area (Å²) < 4.78 is 5.68. The molecule has 0 spiro atoms. The number of carboxylic acids is 1. The van der Waals surface area contributed by atoms with Crippen LogP contribution in [0, 0.1) is 10.1 Å². The van der Waals surface area contributed by atoms with E-state index in [-0.39, 0.29) is 17.9 Å². The Morgan fingerprint density at radius 1 is 0.964 bits per heavy atom. The van der Waals surface area contributed by atoms with Crippen molar-refractivity contribution in [3.05, 3.63) is 106 Å². The van der Waals surface area contributed by atoms with Gasteiger partial charge in [-0.3, -0.25) is 10.1 Å². The summed E-state index contributed by atoms with van der Waals surface area (Å²) in [6.45, 7) is 0.275. The van der Waals surface area contributed by atoms with E-state index >= 15 is 0 Å². The molecule has 140 valence electrons. The Labute approximate surface area is 161 Å². The average Bonchev–Trinajstić information content (AvgIpc) is 2.72. The number of nitro benzene ring substituents is 1. The van der Waals surface area contributed by atoms with Crippen molar-refractivity contribution in [3.8, 4) is 5.75 Å². The minimum Gasteiger partial charge on any atom is -0.489 e. The maximum absolute atomic E-state index is 11.6. The quantitative estimate of drug-likeness (QED) is 0.277. The highest BCUT2D eigenvalue weighted by molar-refractivity contribution is 6.20. The molecule has 0 aliphatic heterocycles. The van der Waals surface area contributed by atoms with E-state index in [1.54, 1.807) is 66.7 Å². The van der Waals surface area contributed by atoms with Gasteiger partial charge in [0.05, 0.1) is 10.5 Å². The molecule has 0 unspecified atom stereocenters. The summed E-state index contributed by atoms with van der Waals surface area (Å²) in [5, 5.41) is 20.1. The van der Waals surface area contributed by atoms with Crippen LogP contribution >= 0.6 is 0 Å². The first kappa shape index (κ1) is 18.8. The molecule has 3 aromatic rings. The van der Waals surface area contributed by atoms with E-state index in [0.717, 1.165) is 11.1 Å². The monoisotopic (exact) mass is 375 g/mol. The van der Waals surface area contributed by atoms with Gasteiger partial charge in [0.15, 0.2) is 0 Å². The van der Waals surface area contributed by atoms with Gasteiger partial charge in [0, 0.05) is 12.1 Å². The summed E-state index contributed by atoms with van der Waals surface area (Å²) in [6, 6.07) is 22.1. The zero-order valence-corrected chi connectivity index (χ0v) is 14.8. The first-order valence-electron chi connectivity index (χ1n) is 8.49. The third-order valence-electron chi connectivity index (χ3n) is 4.06. The largest absolute Gasteiger partial charge is 0.489 e. The first-order valence-corrected chi connectivity index (χ1v) is 8.49. The zero-order chi connectivity index (χ0) is 19.9. The second kappa shape index (κ2) is 8.64. The molecule has 3 rings (SSSR count). The van der Waals surface area contributed by atoms with Gasteiger partial charge in [0.2, 0.25) is 0 Å². The third kappa shape index (κ3) is 4.82. The van der Waals surface area contributed by atoms with E-state index in [0.29, 0.717) is 11.3 Å². The highest BCUT2D eigenvalue weighted by atomic mass is 16.6. The number of ether oxygens (including phenoxy) is 1. The lowest BCUT2D eigenvalue weighted by atomic mass is 10.0. The fraction of sp³-hybridized carbons (Fsp3) is 0.0455. The van der Waals surface area contributed by atoms with Crippen LogP contribution in [0.5, 0.6) is 5.75 Å². The lowest BCUT2D eigenvalue weighted by Gasteiger charge is -2.07. The second-order valence-electron chi connectivity index (χ2n) is 6.01. The number of aliphatic carboxylic acids is 1. The maximum Gasteiger partial charge on any atom is 0.336 e. The molecule has 3 aromatic carbocycles.